The molecule has 7 heteroatoms. The second-order valence-electron chi connectivity index (χ2n) is 6.24. The van der Waals surface area contributed by atoms with E-state index in [1.807, 2.05) is 31.4 Å². The largest absolute Gasteiger partial charge is 0.496 e. The molecule has 0 heterocycles. The van der Waals surface area contributed by atoms with Crippen LogP contribution in [0.3, 0.4) is 0 Å². The molecule has 2 aromatic carbocycles. The first-order valence-electron chi connectivity index (χ1n) is 8.80. The number of rotatable bonds is 9. The molecule has 1 amide bonds. The molecule has 28 heavy (non-hydrogen) atoms. The standard InChI is InChI=1S/C21H24ClNO4S/c1-14-4-9-19(26-2)16(12-14)13-27-21(25)18(10-11-28-3)23-20(24)15-5-7-17(22)8-6-15/h4-9,12,18H,10-11,13H2,1-3H3,(H,23,24)/t18-/m1/s1. The minimum absolute atomic E-state index is 0.0796. The Kier molecular flexibility index (Phi) is 8.67. The number of amides is 1. The molecule has 0 fully saturated rings. The van der Waals surface area contributed by atoms with Crippen LogP contribution in [0.1, 0.15) is 27.9 Å². The number of esters is 1. The summed E-state index contributed by atoms with van der Waals surface area (Å²) in [7, 11) is 1.57. The highest BCUT2D eigenvalue weighted by atomic mass is 35.5. The van der Waals surface area contributed by atoms with Crippen molar-refractivity contribution in [1.29, 1.82) is 0 Å². The van der Waals surface area contributed by atoms with Gasteiger partial charge in [0.25, 0.3) is 5.91 Å². The van der Waals surface area contributed by atoms with Crippen LogP contribution in [0, 0.1) is 6.92 Å². The molecule has 2 aromatic rings. The first kappa shape index (κ1) is 22.1. The fourth-order valence-electron chi connectivity index (χ4n) is 2.60. The Balaban J connectivity index is 2.05. The number of halogens is 1. The maximum absolute atomic E-state index is 12.6. The normalized spacial score (nSPS) is 11.6. The van der Waals surface area contributed by atoms with Gasteiger partial charge in [-0.15, -0.1) is 0 Å². The van der Waals surface area contributed by atoms with Crippen LogP contribution in [0.25, 0.3) is 0 Å². The highest BCUT2D eigenvalue weighted by Crippen LogP contribution is 2.21. The third kappa shape index (κ3) is 6.46. The van der Waals surface area contributed by atoms with Crippen molar-refractivity contribution in [2.75, 3.05) is 19.1 Å². The van der Waals surface area contributed by atoms with Crippen molar-refractivity contribution in [3.8, 4) is 5.75 Å². The summed E-state index contributed by atoms with van der Waals surface area (Å²) in [4.78, 5) is 25.1. The molecular formula is C21H24ClNO4S. The maximum Gasteiger partial charge on any atom is 0.329 e. The molecule has 0 unspecified atom stereocenters. The Morgan fingerprint density at radius 2 is 1.89 bits per heavy atom. The van der Waals surface area contributed by atoms with E-state index in [2.05, 4.69) is 5.32 Å². The van der Waals surface area contributed by atoms with Gasteiger partial charge in [0, 0.05) is 16.1 Å². The molecule has 0 aliphatic rings. The third-order valence-electron chi connectivity index (χ3n) is 4.11. The Morgan fingerprint density at radius 3 is 2.54 bits per heavy atom. The van der Waals surface area contributed by atoms with Gasteiger partial charge in [-0.2, -0.15) is 11.8 Å². The second kappa shape index (κ2) is 11.0. The quantitative estimate of drug-likeness (QED) is 0.613. The molecule has 0 aliphatic heterocycles. The van der Waals surface area contributed by atoms with Crippen LogP contribution in [0.5, 0.6) is 5.75 Å². The zero-order valence-corrected chi connectivity index (χ0v) is 17.7. The lowest BCUT2D eigenvalue weighted by Gasteiger charge is -2.18. The van der Waals surface area contributed by atoms with Gasteiger partial charge < -0.3 is 14.8 Å². The number of aryl methyl sites for hydroxylation is 1. The van der Waals surface area contributed by atoms with Crippen molar-refractivity contribution in [1.82, 2.24) is 5.32 Å². The average Bonchev–Trinajstić information content (AvgIpc) is 2.69. The van der Waals surface area contributed by atoms with Gasteiger partial charge in [-0.3, -0.25) is 4.79 Å². The lowest BCUT2D eigenvalue weighted by Crippen LogP contribution is -2.42. The molecular weight excluding hydrogens is 398 g/mol. The number of carbonyl (C=O) groups excluding carboxylic acids is 2. The summed E-state index contributed by atoms with van der Waals surface area (Å²) >= 11 is 7.46. The monoisotopic (exact) mass is 421 g/mol. The summed E-state index contributed by atoms with van der Waals surface area (Å²) in [6.07, 6.45) is 2.42. The van der Waals surface area contributed by atoms with Crippen molar-refractivity contribution in [3.05, 3.63) is 64.2 Å². The summed E-state index contributed by atoms with van der Waals surface area (Å²) in [6.45, 7) is 2.04. The van der Waals surface area contributed by atoms with Gasteiger partial charge in [0.05, 0.1) is 7.11 Å². The predicted octanol–water partition coefficient (Wildman–Crippen LogP) is 4.25. The number of hydrogen-bond acceptors (Lipinski definition) is 5. The summed E-state index contributed by atoms with van der Waals surface area (Å²) < 4.78 is 10.8. The lowest BCUT2D eigenvalue weighted by atomic mass is 10.1. The smallest absolute Gasteiger partial charge is 0.329 e. The minimum atomic E-state index is -0.730. The summed E-state index contributed by atoms with van der Waals surface area (Å²) in [5.74, 6) is 0.561. The number of thioether (sulfide) groups is 1. The van der Waals surface area contributed by atoms with Gasteiger partial charge in [0.15, 0.2) is 0 Å². The molecule has 150 valence electrons. The molecule has 0 bridgehead atoms. The van der Waals surface area contributed by atoms with E-state index < -0.39 is 12.0 Å². The van der Waals surface area contributed by atoms with Crippen LogP contribution in [-0.4, -0.2) is 37.0 Å². The average molecular weight is 422 g/mol. The molecule has 0 aliphatic carbocycles. The lowest BCUT2D eigenvalue weighted by molar-refractivity contribution is -0.147. The van der Waals surface area contributed by atoms with Gasteiger partial charge >= 0.3 is 5.97 Å². The fourth-order valence-corrected chi connectivity index (χ4v) is 3.19. The molecule has 5 nitrogen and oxygen atoms in total. The van der Waals surface area contributed by atoms with E-state index in [4.69, 9.17) is 21.1 Å². The molecule has 2 rings (SSSR count). The molecule has 1 atom stereocenters. The molecule has 1 N–H and O–H groups in total. The highest BCUT2D eigenvalue weighted by Gasteiger charge is 2.23. The van der Waals surface area contributed by atoms with E-state index in [0.29, 0.717) is 28.5 Å². The van der Waals surface area contributed by atoms with Crippen molar-refractivity contribution < 1.29 is 19.1 Å². The zero-order chi connectivity index (χ0) is 20.5. The Bertz CT molecular complexity index is 811. The fraction of sp³-hybridized carbons (Fsp3) is 0.333. The van der Waals surface area contributed by atoms with Crippen LogP contribution in [0.4, 0.5) is 0 Å². The Morgan fingerprint density at radius 1 is 1.18 bits per heavy atom. The van der Waals surface area contributed by atoms with Crippen LogP contribution in [0.2, 0.25) is 5.02 Å². The molecule has 0 spiro atoms. The van der Waals surface area contributed by atoms with Gasteiger partial charge in [-0.05, 0) is 61.8 Å². The van der Waals surface area contributed by atoms with E-state index in [9.17, 15) is 9.59 Å². The first-order chi connectivity index (χ1) is 13.4. The Labute approximate surface area is 174 Å². The zero-order valence-electron chi connectivity index (χ0n) is 16.2. The van der Waals surface area contributed by atoms with E-state index in [-0.39, 0.29) is 12.5 Å². The van der Waals surface area contributed by atoms with Gasteiger partial charge in [0.2, 0.25) is 0 Å². The third-order valence-corrected chi connectivity index (χ3v) is 5.01. The number of hydrogen-bond donors (Lipinski definition) is 1. The minimum Gasteiger partial charge on any atom is -0.496 e. The summed E-state index contributed by atoms with van der Waals surface area (Å²) in [5, 5.41) is 3.31. The number of nitrogens with one attached hydrogen (secondary N) is 1. The number of methoxy groups -OCH3 is 1. The summed E-state index contributed by atoms with van der Waals surface area (Å²) in [5.41, 5.74) is 2.26. The molecule has 0 radical (unpaired) electrons. The van der Waals surface area contributed by atoms with E-state index in [1.165, 1.54) is 0 Å². The number of carbonyl (C=O) groups is 2. The predicted molar refractivity (Wildman–Crippen MR) is 113 cm³/mol. The van der Waals surface area contributed by atoms with Crippen molar-refractivity contribution >= 4 is 35.2 Å². The van der Waals surface area contributed by atoms with Gasteiger partial charge in [-0.25, -0.2) is 4.79 Å². The van der Waals surface area contributed by atoms with Crippen LogP contribution in [-0.2, 0) is 16.1 Å². The summed E-state index contributed by atoms with van der Waals surface area (Å²) in [6, 6.07) is 11.5. The SMILES string of the molecule is COc1ccc(C)cc1COC(=O)[C@@H](CCSC)NC(=O)c1ccc(Cl)cc1. The van der Waals surface area contributed by atoms with Crippen molar-refractivity contribution in [3.63, 3.8) is 0 Å². The van der Waals surface area contributed by atoms with Crippen LogP contribution in [0.15, 0.2) is 42.5 Å². The Hall–Kier alpha value is -2.18. The van der Waals surface area contributed by atoms with Gasteiger partial charge in [-0.1, -0.05) is 23.2 Å². The number of benzene rings is 2. The molecule has 0 saturated heterocycles. The van der Waals surface area contributed by atoms with Crippen LogP contribution >= 0.6 is 23.4 Å². The van der Waals surface area contributed by atoms with E-state index in [1.54, 1.807) is 43.1 Å². The molecule has 0 saturated carbocycles. The number of ether oxygens (including phenoxy) is 2. The topological polar surface area (TPSA) is 64.6 Å². The first-order valence-corrected chi connectivity index (χ1v) is 10.6. The van der Waals surface area contributed by atoms with Crippen LogP contribution < -0.4 is 10.1 Å². The highest BCUT2D eigenvalue weighted by molar-refractivity contribution is 7.98. The van der Waals surface area contributed by atoms with E-state index >= 15 is 0 Å². The second-order valence-corrected chi connectivity index (χ2v) is 7.66. The molecule has 0 aromatic heterocycles. The maximum atomic E-state index is 12.6. The van der Waals surface area contributed by atoms with Gasteiger partial charge in [0.1, 0.15) is 18.4 Å². The van der Waals surface area contributed by atoms with Crippen molar-refractivity contribution in [2.24, 2.45) is 0 Å². The van der Waals surface area contributed by atoms with E-state index in [0.717, 1.165) is 11.1 Å². The van der Waals surface area contributed by atoms with Crippen molar-refractivity contribution in [2.45, 2.75) is 26.0 Å².